The number of carbonyl (C=O) groups excluding carboxylic acids is 1. The molecule has 0 saturated heterocycles. The Labute approximate surface area is 150 Å². The third kappa shape index (κ3) is 2.67. The molecule has 4 aromatic rings. The van der Waals surface area contributed by atoms with E-state index in [2.05, 4.69) is 15.5 Å². The lowest BCUT2D eigenvalue weighted by Crippen LogP contribution is -2.12. The van der Waals surface area contributed by atoms with Gasteiger partial charge in [0.15, 0.2) is 0 Å². The van der Waals surface area contributed by atoms with Crippen molar-refractivity contribution < 1.29 is 9.21 Å². The SMILES string of the molecule is Cc1oc2ccc(NC(=O)c3cn(C)nc3-c3cnn(C)c3)cc2c1C. The van der Waals surface area contributed by atoms with Crippen molar-refractivity contribution in [1.29, 1.82) is 0 Å². The molecule has 0 bridgehead atoms. The van der Waals surface area contributed by atoms with Crippen LogP contribution in [0, 0.1) is 13.8 Å². The smallest absolute Gasteiger partial charge is 0.259 e. The summed E-state index contributed by atoms with van der Waals surface area (Å²) in [5.74, 6) is 0.670. The van der Waals surface area contributed by atoms with Gasteiger partial charge < -0.3 is 9.73 Å². The largest absolute Gasteiger partial charge is 0.461 e. The van der Waals surface area contributed by atoms with Crippen molar-refractivity contribution in [3.8, 4) is 11.3 Å². The van der Waals surface area contributed by atoms with Crippen molar-refractivity contribution in [2.75, 3.05) is 5.32 Å². The number of benzene rings is 1. The Morgan fingerprint density at radius 1 is 1.15 bits per heavy atom. The molecule has 0 aliphatic rings. The fourth-order valence-corrected chi connectivity index (χ4v) is 3.03. The number of hydrogen-bond donors (Lipinski definition) is 1. The highest BCUT2D eigenvalue weighted by Crippen LogP contribution is 2.28. The van der Waals surface area contributed by atoms with Gasteiger partial charge in [0.05, 0.1) is 11.8 Å². The Hall–Kier alpha value is -3.35. The fourth-order valence-electron chi connectivity index (χ4n) is 3.03. The van der Waals surface area contributed by atoms with Gasteiger partial charge in [-0.05, 0) is 37.6 Å². The second kappa shape index (κ2) is 5.87. The molecule has 0 aliphatic carbocycles. The van der Waals surface area contributed by atoms with Crippen LogP contribution in [0.3, 0.4) is 0 Å². The van der Waals surface area contributed by atoms with Gasteiger partial charge in [-0.2, -0.15) is 10.2 Å². The van der Waals surface area contributed by atoms with E-state index in [-0.39, 0.29) is 5.91 Å². The second-order valence-electron chi connectivity index (χ2n) is 6.42. The Morgan fingerprint density at radius 2 is 1.96 bits per heavy atom. The summed E-state index contributed by atoms with van der Waals surface area (Å²) >= 11 is 0. The summed E-state index contributed by atoms with van der Waals surface area (Å²) in [6.07, 6.45) is 5.25. The van der Waals surface area contributed by atoms with E-state index in [4.69, 9.17) is 4.42 Å². The molecule has 0 atom stereocenters. The van der Waals surface area contributed by atoms with Gasteiger partial charge in [-0.25, -0.2) is 0 Å². The molecule has 26 heavy (non-hydrogen) atoms. The van der Waals surface area contributed by atoms with E-state index in [1.54, 1.807) is 28.8 Å². The minimum atomic E-state index is -0.214. The number of nitrogens with zero attached hydrogens (tertiary/aromatic N) is 4. The maximum atomic E-state index is 12.8. The number of aromatic nitrogens is 4. The van der Waals surface area contributed by atoms with E-state index in [0.29, 0.717) is 16.9 Å². The molecule has 132 valence electrons. The number of rotatable bonds is 3. The molecule has 0 spiro atoms. The van der Waals surface area contributed by atoms with Crippen LogP contribution in [0.4, 0.5) is 5.69 Å². The van der Waals surface area contributed by atoms with Crippen molar-refractivity contribution in [2.24, 2.45) is 14.1 Å². The Bertz CT molecular complexity index is 1130. The summed E-state index contributed by atoms with van der Waals surface area (Å²) in [6, 6.07) is 5.64. The van der Waals surface area contributed by atoms with Gasteiger partial charge in [-0.1, -0.05) is 0 Å². The third-order valence-electron chi connectivity index (χ3n) is 4.48. The normalized spacial score (nSPS) is 11.2. The lowest BCUT2D eigenvalue weighted by atomic mass is 10.1. The zero-order valence-electron chi connectivity index (χ0n) is 15.1. The summed E-state index contributed by atoms with van der Waals surface area (Å²) in [5.41, 5.74) is 4.52. The number of anilines is 1. The summed E-state index contributed by atoms with van der Waals surface area (Å²) in [5, 5.41) is 12.5. The lowest BCUT2D eigenvalue weighted by Gasteiger charge is -2.05. The molecule has 0 unspecified atom stereocenters. The first-order chi connectivity index (χ1) is 12.4. The zero-order valence-corrected chi connectivity index (χ0v) is 15.1. The number of aryl methyl sites for hydroxylation is 4. The van der Waals surface area contributed by atoms with Crippen molar-refractivity contribution in [1.82, 2.24) is 19.6 Å². The van der Waals surface area contributed by atoms with Crippen LogP contribution >= 0.6 is 0 Å². The minimum Gasteiger partial charge on any atom is -0.461 e. The van der Waals surface area contributed by atoms with Crippen LogP contribution < -0.4 is 5.32 Å². The summed E-state index contributed by atoms with van der Waals surface area (Å²) in [6.45, 7) is 3.94. The number of nitrogens with one attached hydrogen (secondary N) is 1. The van der Waals surface area contributed by atoms with E-state index in [1.807, 2.05) is 45.3 Å². The van der Waals surface area contributed by atoms with Gasteiger partial charge in [0, 0.05) is 43.1 Å². The van der Waals surface area contributed by atoms with Crippen molar-refractivity contribution in [2.45, 2.75) is 13.8 Å². The van der Waals surface area contributed by atoms with Gasteiger partial charge in [0.25, 0.3) is 5.91 Å². The summed E-state index contributed by atoms with van der Waals surface area (Å²) in [7, 11) is 3.62. The summed E-state index contributed by atoms with van der Waals surface area (Å²) < 4.78 is 9.00. The maximum Gasteiger partial charge on any atom is 0.259 e. The Balaban J connectivity index is 1.68. The van der Waals surface area contributed by atoms with E-state index >= 15 is 0 Å². The standard InChI is InChI=1S/C19H19N5O2/c1-11-12(2)26-17-6-5-14(7-15(11)17)21-19(25)16-10-24(4)22-18(16)13-8-20-23(3)9-13/h5-10H,1-4H3,(H,21,25). The molecule has 7 heteroatoms. The van der Waals surface area contributed by atoms with E-state index < -0.39 is 0 Å². The first kappa shape index (κ1) is 16.1. The molecule has 3 heterocycles. The van der Waals surface area contributed by atoms with Crippen LogP contribution in [-0.4, -0.2) is 25.5 Å². The van der Waals surface area contributed by atoms with Crippen LogP contribution in [0.1, 0.15) is 21.7 Å². The number of fused-ring (bicyclic) bond motifs is 1. The third-order valence-corrected chi connectivity index (χ3v) is 4.48. The minimum absolute atomic E-state index is 0.214. The lowest BCUT2D eigenvalue weighted by molar-refractivity contribution is 0.102. The molecular weight excluding hydrogens is 330 g/mol. The van der Waals surface area contributed by atoms with Crippen molar-refractivity contribution in [3.63, 3.8) is 0 Å². The molecule has 7 nitrogen and oxygen atoms in total. The molecule has 0 fully saturated rings. The van der Waals surface area contributed by atoms with Crippen LogP contribution in [0.25, 0.3) is 22.2 Å². The molecule has 0 saturated carbocycles. The van der Waals surface area contributed by atoms with E-state index in [9.17, 15) is 4.79 Å². The van der Waals surface area contributed by atoms with Gasteiger partial charge in [-0.3, -0.25) is 14.2 Å². The Morgan fingerprint density at radius 3 is 2.69 bits per heavy atom. The Kier molecular flexibility index (Phi) is 3.64. The monoisotopic (exact) mass is 349 g/mol. The molecule has 3 aromatic heterocycles. The highest BCUT2D eigenvalue weighted by molar-refractivity contribution is 6.08. The molecular formula is C19H19N5O2. The first-order valence-electron chi connectivity index (χ1n) is 8.26. The number of carbonyl (C=O) groups is 1. The van der Waals surface area contributed by atoms with Crippen LogP contribution in [-0.2, 0) is 14.1 Å². The predicted octanol–water partition coefficient (Wildman–Crippen LogP) is 3.44. The van der Waals surface area contributed by atoms with Crippen LogP contribution in [0.5, 0.6) is 0 Å². The van der Waals surface area contributed by atoms with E-state index in [0.717, 1.165) is 27.9 Å². The number of amides is 1. The number of furan rings is 1. The first-order valence-corrected chi connectivity index (χ1v) is 8.26. The molecule has 0 aliphatic heterocycles. The van der Waals surface area contributed by atoms with Gasteiger partial charge >= 0.3 is 0 Å². The van der Waals surface area contributed by atoms with Gasteiger partial charge in [0.2, 0.25) is 0 Å². The maximum absolute atomic E-state index is 12.8. The molecule has 1 amide bonds. The molecule has 1 N–H and O–H groups in total. The topological polar surface area (TPSA) is 77.9 Å². The van der Waals surface area contributed by atoms with Crippen molar-refractivity contribution in [3.05, 3.63) is 53.7 Å². The highest BCUT2D eigenvalue weighted by Gasteiger charge is 2.19. The fraction of sp³-hybridized carbons (Fsp3) is 0.211. The van der Waals surface area contributed by atoms with E-state index in [1.165, 1.54) is 0 Å². The van der Waals surface area contributed by atoms with Gasteiger partial charge in [0.1, 0.15) is 17.0 Å². The second-order valence-corrected chi connectivity index (χ2v) is 6.42. The van der Waals surface area contributed by atoms with Gasteiger partial charge in [-0.15, -0.1) is 0 Å². The predicted molar refractivity (Wildman–Crippen MR) is 99.1 cm³/mol. The van der Waals surface area contributed by atoms with Crippen molar-refractivity contribution >= 4 is 22.6 Å². The van der Waals surface area contributed by atoms with Crippen LogP contribution in [0.15, 0.2) is 41.2 Å². The number of hydrogen-bond acceptors (Lipinski definition) is 4. The average molecular weight is 349 g/mol. The molecule has 4 rings (SSSR count). The average Bonchev–Trinajstić information content (AvgIpc) is 3.27. The molecule has 1 aromatic carbocycles. The zero-order chi connectivity index (χ0) is 18.4. The van der Waals surface area contributed by atoms with Crippen LogP contribution in [0.2, 0.25) is 0 Å². The quantitative estimate of drug-likeness (QED) is 0.615. The highest BCUT2D eigenvalue weighted by atomic mass is 16.3. The molecule has 0 radical (unpaired) electrons. The summed E-state index contributed by atoms with van der Waals surface area (Å²) in [4.78, 5) is 12.8.